The molecule has 0 radical (unpaired) electrons. The van der Waals surface area contributed by atoms with Crippen molar-refractivity contribution in [2.24, 2.45) is 5.84 Å². The molecule has 0 saturated heterocycles. The molecule has 2 nitrogen and oxygen atoms in total. The minimum Gasteiger partial charge on any atom is -0.271 e. The second-order valence-corrected chi connectivity index (χ2v) is 5.71. The molecule has 0 heterocycles. The van der Waals surface area contributed by atoms with E-state index in [-0.39, 0.29) is 6.04 Å². The molecule has 0 saturated carbocycles. The van der Waals surface area contributed by atoms with Crippen molar-refractivity contribution >= 4 is 11.8 Å². The number of hydrazine groups is 1. The largest absolute Gasteiger partial charge is 0.271 e. The van der Waals surface area contributed by atoms with E-state index in [9.17, 15) is 0 Å². The van der Waals surface area contributed by atoms with Crippen LogP contribution >= 0.6 is 11.8 Å². The van der Waals surface area contributed by atoms with Gasteiger partial charge in [-0.05, 0) is 36.6 Å². The van der Waals surface area contributed by atoms with Crippen molar-refractivity contribution in [3.05, 3.63) is 65.2 Å². The first kappa shape index (κ1) is 14.1. The molecule has 0 spiro atoms. The van der Waals surface area contributed by atoms with Crippen molar-refractivity contribution < 1.29 is 0 Å². The lowest BCUT2D eigenvalue weighted by Crippen LogP contribution is -2.30. The number of nitrogens with one attached hydrogen (secondary N) is 1. The smallest absolute Gasteiger partial charge is 0.0556 e. The Morgan fingerprint density at radius 1 is 1.00 bits per heavy atom. The molecule has 100 valence electrons. The first-order valence-corrected chi connectivity index (χ1v) is 7.41. The maximum Gasteiger partial charge on any atom is 0.0556 e. The Kier molecular flexibility index (Phi) is 5.02. The highest BCUT2D eigenvalue weighted by Crippen LogP contribution is 2.27. The number of benzene rings is 2. The molecule has 2 aromatic rings. The normalized spacial score (nSPS) is 12.4. The van der Waals surface area contributed by atoms with E-state index in [1.807, 2.05) is 11.8 Å². The Balaban J connectivity index is 2.09. The Morgan fingerprint density at radius 2 is 1.63 bits per heavy atom. The van der Waals surface area contributed by atoms with Gasteiger partial charge in [-0.2, -0.15) is 0 Å². The quantitative estimate of drug-likeness (QED) is 0.496. The molecule has 3 N–H and O–H groups in total. The first-order chi connectivity index (χ1) is 9.22. The highest BCUT2D eigenvalue weighted by molar-refractivity contribution is 7.99. The minimum absolute atomic E-state index is 0.172. The van der Waals surface area contributed by atoms with Gasteiger partial charge in [0.15, 0.2) is 0 Å². The minimum atomic E-state index is 0.172. The number of hydrogen-bond acceptors (Lipinski definition) is 3. The second-order valence-electron chi connectivity index (χ2n) is 4.65. The first-order valence-electron chi connectivity index (χ1n) is 6.42. The van der Waals surface area contributed by atoms with Gasteiger partial charge in [0.2, 0.25) is 0 Å². The fourth-order valence-corrected chi connectivity index (χ4v) is 3.19. The van der Waals surface area contributed by atoms with Crippen LogP contribution in [0.1, 0.15) is 22.7 Å². The van der Waals surface area contributed by atoms with Crippen LogP contribution in [-0.2, 0) is 0 Å². The van der Waals surface area contributed by atoms with Gasteiger partial charge in [-0.1, -0.05) is 42.5 Å². The highest BCUT2D eigenvalue weighted by Gasteiger charge is 2.12. The topological polar surface area (TPSA) is 38.0 Å². The molecule has 0 fully saturated rings. The number of thioether (sulfide) groups is 1. The van der Waals surface area contributed by atoms with Crippen molar-refractivity contribution in [1.82, 2.24) is 5.43 Å². The SMILES string of the molecule is Cc1ccccc1SCC(NN)c1ccccc1C. The maximum absolute atomic E-state index is 5.71. The highest BCUT2D eigenvalue weighted by atomic mass is 32.2. The van der Waals surface area contributed by atoms with Crippen LogP contribution in [0.25, 0.3) is 0 Å². The van der Waals surface area contributed by atoms with Gasteiger partial charge in [-0.3, -0.25) is 11.3 Å². The van der Waals surface area contributed by atoms with Gasteiger partial charge in [0.25, 0.3) is 0 Å². The molecule has 1 unspecified atom stereocenters. The van der Waals surface area contributed by atoms with Crippen molar-refractivity contribution in [1.29, 1.82) is 0 Å². The molecule has 1 atom stereocenters. The third-order valence-corrected chi connectivity index (χ3v) is 4.53. The Morgan fingerprint density at radius 3 is 2.26 bits per heavy atom. The summed E-state index contributed by atoms with van der Waals surface area (Å²) in [7, 11) is 0. The molecule has 19 heavy (non-hydrogen) atoms. The number of rotatable bonds is 5. The van der Waals surface area contributed by atoms with Crippen LogP contribution in [0.2, 0.25) is 0 Å². The van der Waals surface area contributed by atoms with Crippen molar-refractivity contribution in [2.75, 3.05) is 5.75 Å². The monoisotopic (exact) mass is 272 g/mol. The molecule has 0 bridgehead atoms. The molecular formula is C16H20N2S. The van der Waals surface area contributed by atoms with Gasteiger partial charge in [0, 0.05) is 10.6 Å². The predicted molar refractivity (Wildman–Crippen MR) is 83.1 cm³/mol. The molecular weight excluding hydrogens is 252 g/mol. The van der Waals surface area contributed by atoms with Gasteiger partial charge in [-0.15, -0.1) is 11.8 Å². The summed E-state index contributed by atoms with van der Waals surface area (Å²) in [6.45, 7) is 4.26. The lowest BCUT2D eigenvalue weighted by atomic mass is 10.0. The Labute approximate surface area is 119 Å². The Bertz CT molecular complexity index is 540. The summed E-state index contributed by atoms with van der Waals surface area (Å²) < 4.78 is 0. The third-order valence-electron chi connectivity index (χ3n) is 3.26. The fraction of sp³-hybridized carbons (Fsp3) is 0.250. The molecule has 0 aliphatic heterocycles. The van der Waals surface area contributed by atoms with Crippen LogP contribution in [0.5, 0.6) is 0 Å². The van der Waals surface area contributed by atoms with Gasteiger partial charge in [0.1, 0.15) is 0 Å². The molecule has 0 aliphatic rings. The summed E-state index contributed by atoms with van der Waals surface area (Å²) in [5.74, 6) is 6.64. The van der Waals surface area contributed by atoms with Crippen molar-refractivity contribution in [3.63, 3.8) is 0 Å². The van der Waals surface area contributed by atoms with Gasteiger partial charge >= 0.3 is 0 Å². The van der Waals surface area contributed by atoms with E-state index in [0.717, 1.165) is 5.75 Å². The van der Waals surface area contributed by atoms with E-state index < -0.39 is 0 Å². The van der Waals surface area contributed by atoms with Gasteiger partial charge < -0.3 is 0 Å². The molecule has 2 rings (SSSR count). The summed E-state index contributed by atoms with van der Waals surface area (Å²) in [6.07, 6.45) is 0. The van der Waals surface area contributed by atoms with Crippen LogP contribution < -0.4 is 11.3 Å². The van der Waals surface area contributed by atoms with E-state index in [1.165, 1.54) is 21.6 Å². The molecule has 2 aromatic carbocycles. The zero-order valence-electron chi connectivity index (χ0n) is 11.4. The summed E-state index contributed by atoms with van der Waals surface area (Å²) >= 11 is 1.84. The number of hydrogen-bond donors (Lipinski definition) is 2. The Hall–Kier alpha value is -1.29. The zero-order valence-corrected chi connectivity index (χ0v) is 12.2. The van der Waals surface area contributed by atoms with E-state index in [1.54, 1.807) is 0 Å². The standard InChI is InChI=1S/C16H20N2S/c1-12-7-3-5-9-14(12)15(18-17)11-19-16-10-6-4-8-13(16)2/h3-10,15,18H,11,17H2,1-2H3. The number of nitrogens with two attached hydrogens (primary N) is 1. The van der Waals surface area contributed by atoms with E-state index in [2.05, 4.69) is 67.8 Å². The van der Waals surface area contributed by atoms with Crippen molar-refractivity contribution in [2.45, 2.75) is 24.8 Å². The summed E-state index contributed by atoms with van der Waals surface area (Å²) in [5.41, 5.74) is 6.78. The van der Waals surface area contributed by atoms with Crippen molar-refractivity contribution in [3.8, 4) is 0 Å². The van der Waals surface area contributed by atoms with E-state index >= 15 is 0 Å². The fourth-order valence-electron chi connectivity index (χ4n) is 2.10. The lowest BCUT2D eigenvalue weighted by molar-refractivity contribution is 0.607. The molecule has 3 heteroatoms. The molecule has 0 aromatic heterocycles. The number of aryl methyl sites for hydroxylation is 2. The van der Waals surface area contributed by atoms with Crippen LogP contribution in [-0.4, -0.2) is 5.75 Å². The summed E-state index contributed by atoms with van der Waals surface area (Å²) in [6, 6.07) is 17.0. The zero-order chi connectivity index (χ0) is 13.7. The maximum atomic E-state index is 5.71. The van der Waals surface area contributed by atoms with Crippen LogP contribution in [0.4, 0.5) is 0 Å². The predicted octanol–water partition coefficient (Wildman–Crippen LogP) is 3.60. The van der Waals surface area contributed by atoms with Gasteiger partial charge in [-0.25, -0.2) is 0 Å². The third kappa shape index (κ3) is 3.60. The average molecular weight is 272 g/mol. The summed E-state index contributed by atoms with van der Waals surface area (Å²) in [4.78, 5) is 1.32. The molecule has 0 aliphatic carbocycles. The average Bonchev–Trinajstić information content (AvgIpc) is 2.43. The van der Waals surface area contributed by atoms with Crippen LogP contribution in [0.15, 0.2) is 53.4 Å². The van der Waals surface area contributed by atoms with Crippen LogP contribution in [0.3, 0.4) is 0 Å². The summed E-state index contributed by atoms with van der Waals surface area (Å²) in [5, 5.41) is 0. The molecule has 0 amide bonds. The van der Waals surface area contributed by atoms with Crippen LogP contribution in [0, 0.1) is 13.8 Å². The van der Waals surface area contributed by atoms with E-state index in [4.69, 9.17) is 5.84 Å². The second kappa shape index (κ2) is 6.75. The van der Waals surface area contributed by atoms with Gasteiger partial charge in [0.05, 0.1) is 6.04 Å². The lowest BCUT2D eigenvalue weighted by Gasteiger charge is -2.18. The van der Waals surface area contributed by atoms with E-state index in [0.29, 0.717) is 0 Å².